The quantitative estimate of drug-likeness (QED) is 0.834. The predicted molar refractivity (Wildman–Crippen MR) is 82.0 cm³/mol. The second-order valence-electron chi connectivity index (χ2n) is 5.51. The lowest BCUT2D eigenvalue weighted by atomic mass is 9.92. The summed E-state index contributed by atoms with van der Waals surface area (Å²) in [6, 6.07) is 2.03. The smallest absolute Gasteiger partial charge is 0.162 e. The van der Waals surface area contributed by atoms with Gasteiger partial charge >= 0.3 is 0 Å². The summed E-state index contributed by atoms with van der Waals surface area (Å²) in [5, 5.41) is 3.15. The minimum Gasteiger partial charge on any atom is -0.373 e. The molecule has 0 bridgehead atoms. The summed E-state index contributed by atoms with van der Waals surface area (Å²) in [5.41, 5.74) is 0.810. The van der Waals surface area contributed by atoms with Gasteiger partial charge in [-0.05, 0) is 26.2 Å². The highest BCUT2D eigenvalue weighted by molar-refractivity contribution is 5.36. The fourth-order valence-electron chi connectivity index (χ4n) is 3.02. The minimum absolute atomic E-state index is 0.276. The van der Waals surface area contributed by atoms with E-state index >= 15 is 0 Å². The standard InChI is InChI=1S/C16H27N3O/c1-4-13-12-14(17-3)19-15(18-13)16(20-5-2)10-8-6-7-9-11-16/h12H,4-11H2,1-3H3,(H,17,18,19). The Morgan fingerprint density at radius 3 is 2.40 bits per heavy atom. The second kappa shape index (κ2) is 7.02. The van der Waals surface area contributed by atoms with E-state index in [1.807, 2.05) is 13.1 Å². The third kappa shape index (κ3) is 3.29. The Morgan fingerprint density at radius 1 is 1.15 bits per heavy atom. The molecule has 1 aliphatic carbocycles. The van der Waals surface area contributed by atoms with Crippen LogP contribution in [-0.2, 0) is 16.8 Å². The van der Waals surface area contributed by atoms with Crippen LogP contribution in [0.15, 0.2) is 6.07 Å². The van der Waals surface area contributed by atoms with Gasteiger partial charge in [0, 0.05) is 25.4 Å². The lowest BCUT2D eigenvalue weighted by Gasteiger charge is -2.31. The van der Waals surface area contributed by atoms with Crippen molar-refractivity contribution in [3.8, 4) is 0 Å². The molecule has 0 aliphatic heterocycles. The summed E-state index contributed by atoms with van der Waals surface area (Å²) in [6.07, 6.45) is 7.99. The lowest BCUT2D eigenvalue weighted by molar-refractivity contribution is -0.0624. The SMILES string of the molecule is CCOC1(c2nc(CC)cc(NC)n2)CCCCCC1. The van der Waals surface area contributed by atoms with Crippen molar-refractivity contribution in [1.29, 1.82) is 0 Å². The van der Waals surface area contributed by atoms with Crippen molar-refractivity contribution in [3.63, 3.8) is 0 Å². The average molecular weight is 277 g/mol. The Balaban J connectivity index is 2.41. The van der Waals surface area contributed by atoms with Gasteiger partial charge in [-0.2, -0.15) is 0 Å². The van der Waals surface area contributed by atoms with Crippen molar-refractivity contribution < 1.29 is 4.74 Å². The molecule has 20 heavy (non-hydrogen) atoms. The first-order valence-electron chi connectivity index (χ1n) is 7.94. The summed E-state index contributed by atoms with van der Waals surface area (Å²) in [6.45, 7) is 4.91. The first-order chi connectivity index (χ1) is 9.74. The molecule has 2 rings (SSSR count). The number of nitrogens with zero attached hydrogens (tertiary/aromatic N) is 2. The highest BCUT2D eigenvalue weighted by Crippen LogP contribution is 2.38. The van der Waals surface area contributed by atoms with E-state index in [1.54, 1.807) is 0 Å². The van der Waals surface area contributed by atoms with Gasteiger partial charge in [0.15, 0.2) is 5.82 Å². The van der Waals surface area contributed by atoms with E-state index in [1.165, 1.54) is 25.7 Å². The Bertz CT molecular complexity index is 403. The summed E-state index contributed by atoms with van der Waals surface area (Å²) in [5.74, 6) is 1.78. The molecule has 1 fully saturated rings. The number of hydrogen-bond acceptors (Lipinski definition) is 4. The fraction of sp³-hybridized carbons (Fsp3) is 0.750. The van der Waals surface area contributed by atoms with Crippen molar-refractivity contribution in [2.45, 2.75) is 64.4 Å². The van der Waals surface area contributed by atoms with E-state index in [-0.39, 0.29) is 5.60 Å². The number of ether oxygens (including phenoxy) is 1. The number of nitrogens with one attached hydrogen (secondary N) is 1. The average Bonchev–Trinajstić information content (AvgIpc) is 2.73. The molecule has 0 amide bonds. The fourth-order valence-corrected chi connectivity index (χ4v) is 3.02. The van der Waals surface area contributed by atoms with Gasteiger partial charge < -0.3 is 10.1 Å². The van der Waals surface area contributed by atoms with E-state index in [0.717, 1.165) is 36.6 Å². The van der Waals surface area contributed by atoms with Crippen LogP contribution in [0.5, 0.6) is 0 Å². The summed E-state index contributed by atoms with van der Waals surface area (Å²) >= 11 is 0. The van der Waals surface area contributed by atoms with Gasteiger partial charge in [-0.15, -0.1) is 0 Å². The van der Waals surface area contributed by atoms with Gasteiger partial charge in [0.25, 0.3) is 0 Å². The van der Waals surface area contributed by atoms with Crippen LogP contribution >= 0.6 is 0 Å². The largest absolute Gasteiger partial charge is 0.373 e. The van der Waals surface area contributed by atoms with Gasteiger partial charge in [-0.25, -0.2) is 9.97 Å². The molecule has 1 N–H and O–H groups in total. The molecule has 4 nitrogen and oxygen atoms in total. The second-order valence-corrected chi connectivity index (χ2v) is 5.51. The van der Waals surface area contributed by atoms with Gasteiger partial charge in [-0.1, -0.05) is 32.6 Å². The van der Waals surface area contributed by atoms with E-state index in [0.29, 0.717) is 6.61 Å². The van der Waals surface area contributed by atoms with Crippen molar-refractivity contribution in [2.24, 2.45) is 0 Å². The maximum absolute atomic E-state index is 6.18. The van der Waals surface area contributed by atoms with Crippen molar-refractivity contribution in [2.75, 3.05) is 19.0 Å². The number of aromatic nitrogens is 2. The monoisotopic (exact) mass is 277 g/mol. The van der Waals surface area contributed by atoms with Crippen molar-refractivity contribution in [1.82, 2.24) is 9.97 Å². The Kier molecular flexibility index (Phi) is 5.35. The number of rotatable bonds is 5. The van der Waals surface area contributed by atoms with Crippen LogP contribution in [-0.4, -0.2) is 23.6 Å². The summed E-state index contributed by atoms with van der Waals surface area (Å²) < 4.78 is 6.18. The van der Waals surface area contributed by atoms with Crippen LogP contribution in [0.1, 0.15) is 63.9 Å². The van der Waals surface area contributed by atoms with Crippen LogP contribution in [0.2, 0.25) is 0 Å². The van der Waals surface area contributed by atoms with E-state index in [2.05, 4.69) is 19.2 Å². The highest BCUT2D eigenvalue weighted by atomic mass is 16.5. The topological polar surface area (TPSA) is 47.0 Å². The summed E-state index contributed by atoms with van der Waals surface area (Å²) in [4.78, 5) is 9.49. The molecule has 0 aromatic carbocycles. The molecular weight excluding hydrogens is 250 g/mol. The van der Waals surface area contributed by atoms with Gasteiger partial charge in [0.2, 0.25) is 0 Å². The van der Waals surface area contributed by atoms with Gasteiger partial charge in [-0.3, -0.25) is 0 Å². The van der Waals surface area contributed by atoms with E-state index < -0.39 is 0 Å². The Hall–Kier alpha value is -1.16. The Labute approximate surface area is 122 Å². The minimum atomic E-state index is -0.276. The molecule has 4 heteroatoms. The summed E-state index contributed by atoms with van der Waals surface area (Å²) in [7, 11) is 1.91. The van der Waals surface area contributed by atoms with Crippen molar-refractivity contribution in [3.05, 3.63) is 17.6 Å². The molecular formula is C16H27N3O. The third-order valence-corrected chi connectivity index (χ3v) is 4.14. The van der Waals surface area contributed by atoms with E-state index in [9.17, 15) is 0 Å². The molecule has 0 spiro atoms. The number of aryl methyl sites for hydroxylation is 1. The maximum Gasteiger partial charge on any atom is 0.162 e. The zero-order valence-electron chi connectivity index (χ0n) is 13.0. The van der Waals surface area contributed by atoms with Gasteiger partial charge in [0.05, 0.1) is 0 Å². The zero-order valence-corrected chi connectivity index (χ0v) is 13.0. The first kappa shape index (κ1) is 15.2. The highest BCUT2D eigenvalue weighted by Gasteiger charge is 2.36. The molecule has 112 valence electrons. The third-order valence-electron chi connectivity index (χ3n) is 4.14. The van der Waals surface area contributed by atoms with E-state index in [4.69, 9.17) is 14.7 Å². The van der Waals surface area contributed by atoms with Crippen LogP contribution in [0, 0.1) is 0 Å². The molecule has 0 saturated heterocycles. The van der Waals surface area contributed by atoms with Crippen LogP contribution in [0.25, 0.3) is 0 Å². The molecule has 0 radical (unpaired) electrons. The van der Waals surface area contributed by atoms with Crippen LogP contribution in [0.3, 0.4) is 0 Å². The first-order valence-corrected chi connectivity index (χ1v) is 7.94. The van der Waals surface area contributed by atoms with Crippen molar-refractivity contribution >= 4 is 5.82 Å². The Morgan fingerprint density at radius 2 is 1.85 bits per heavy atom. The molecule has 1 aromatic heterocycles. The molecule has 1 aromatic rings. The van der Waals surface area contributed by atoms with Gasteiger partial charge in [0.1, 0.15) is 11.4 Å². The number of hydrogen-bond donors (Lipinski definition) is 1. The molecule has 1 heterocycles. The molecule has 0 unspecified atom stereocenters. The predicted octanol–water partition coefficient (Wildman–Crippen LogP) is 3.67. The molecule has 1 saturated carbocycles. The zero-order chi connectivity index (χ0) is 14.4. The van der Waals surface area contributed by atoms with Crippen LogP contribution < -0.4 is 5.32 Å². The normalized spacial score (nSPS) is 18.6. The lowest BCUT2D eigenvalue weighted by Crippen LogP contribution is -2.32. The van der Waals surface area contributed by atoms with Crippen LogP contribution in [0.4, 0.5) is 5.82 Å². The number of anilines is 1. The molecule has 0 atom stereocenters. The molecule has 1 aliphatic rings. The maximum atomic E-state index is 6.18.